The number of alkyl halides is 1. The van der Waals surface area contributed by atoms with Crippen LogP contribution < -0.4 is 5.32 Å². The van der Waals surface area contributed by atoms with Gasteiger partial charge in [0.1, 0.15) is 17.6 Å². The van der Waals surface area contributed by atoms with Crippen LogP contribution in [0.3, 0.4) is 0 Å². The summed E-state index contributed by atoms with van der Waals surface area (Å²) in [6.45, 7) is 1.43. The number of anilines is 1. The van der Waals surface area contributed by atoms with E-state index in [1.807, 2.05) is 16.7 Å². The maximum absolute atomic E-state index is 5.71. The molecule has 0 radical (unpaired) electrons. The van der Waals surface area contributed by atoms with E-state index >= 15 is 0 Å². The molecular weight excluding hydrogens is 290 g/mol. The van der Waals surface area contributed by atoms with E-state index in [0.29, 0.717) is 18.2 Å². The number of aromatic nitrogens is 4. The molecule has 0 saturated carbocycles. The topological polar surface area (TPSA) is 68.8 Å². The lowest BCUT2D eigenvalue weighted by atomic mass is 10.3. The van der Waals surface area contributed by atoms with E-state index in [0.717, 1.165) is 36.3 Å². The highest BCUT2D eigenvalue weighted by Gasteiger charge is 2.10. The summed E-state index contributed by atoms with van der Waals surface area (Å²) < 4.78 is 7.32. The van der Waals surface area contributed by atoms with Crippen molar-refractivity contribution in [3.63, 3.8) is 0 Å². The van der Waals surface area contributed by atoms with Crippen LogP contribution >= 0.6 is 11.6 Å². The molecule has 110 valence electrons. The first kappa shape index (κ1) is 13.9. The number of aryl methyl sites for hydroxylation is 1. The maximum Gasteiger partial charge on any atom is 0.165 e. The second-order valence-electron chi connectivity index (χ2n) is 4.66. The molecular formula is C14H16ClN5O. The van der Waals surface area contributed by atoms with Gasteiger partial charge >= 0.3 is 0 Å². The van der Waals surface area contributed by atoms with Crippen LogP contribution in [0.4, 0.5) is 5.82 Å². The molecule has 1 N–H and O–H groups in total. The zero-order valence-electron chi connectivity index (χ0n) is 11.5. The first-order chi connectivity index (χ1) is 10.4. The third-order valence-electron chi connectivity index (χ3n) is 3.19. The molecule has 3 aromatic heterocycles. The summed E-state index contributed by atoms with van der Waals surface area (Å²) in [4.78, 5) is 13.0. The standard InChI is InChI=1S/C14H16ClN5O/c15-5-1-2-6-20-10-19-12-13(17-9-18-14(12)20)16-8-11-4-3-7-21-11/h3-4,7,9-10H,1-2,5-6,8H2,(H,16,17,18). The van der Waals surface area contributed by atoms with Crippen LogP contribution in [0, 0.1) is 0 Å². The van der Waals surface area contributed by atoms with E-state index < -0.39 is 0 Å². The van der Waals surface area contributed by atoms with Gasteiger partial charge in [-0.05, 0) is 25.0 Å². The maximum atomic E-state index is 5.71. The van der Waals surface area contributed by atoms with Crippen LogP contribution in [0.15, 0.2) is 35.5 Å². The van der Waals surface area contributed by atoms with E-state index in [2.05, 4.69) is 20.3 Å². The van der Waals surface area contributed by atoms with Gasteiger partial charge in [-0.3, -0.25) is 0 Å². The Morgan fingerprint density at radius 3 is 3.00 bits per heavy atom. The van der Waals surface area contributed by atoms with Crippen molar-refractivity contribution in [2.24, 2.45) is 0 Å². The van der Waals surface area contributed by atoms with Crippen molar-refractivity contribution < 1.29 is 4.42 Å². The average molecular weight is 306 g/mol. The van der Waals surface area contributed by atoms with Gasteiger partial charge in [0.2, 0.25) is 0 Å². The highest BCUT2D eigenvalue weighted by atomic mass is 35.5. The summed E-state index contributed by atoms with van der Waals surface area (Å²) in [6.07, 6.45) is 6.99. The van der Waals surface area contributed by atoms with Crippen LogP contribution in [0.5, 0.6) is 0 Å². The van der Waals surface area contributed by atoms with Gasteiger partial charge in [0.05, 0.1) is 19.1 Å². The second kappa shape index (κ2) is 6.58. The molecule has 0 amide bonds. The van der Waals surface area contributed by atoms with Gasteiger partial charge in [0.25, 0.3) is 0 Å². The number of hydrogen-bond acceptors (Lipinski definition) is 5. The highest BCUT2D eigenvalue weighted by molar-refractivity contribution is 6.17. The van der Waals surface area contributed by atoms with Crippen molar-refractivity contribution in [1.29, 1.82) is 0 Å². The van der Waals surface area contributed by atoms with Crippen LogP contribution in [0.2, 0.25) is 0 Å². The second-order valence-corrected chi connectivity index (χ2v) is 5.04. The van der Waals surface area contributed by atoms with Gasteiger partial charge in [0.15, 0.2) is 11.5 Å². The predicted octanol–water partition coefficient (Wildman–Crippen LogP) is 3.05. The monoisotopic (exact) mass is 305 g/mol. The molecule has 3 aromatic rings. The Kier molecular flexibility index (Phi) is 4.35. The Morgan fingerprint density at radius 2 is 2.19 bits per heavy atom. The Balaban J connectivity index is 1.76. The highest BCUT2D eigenvalue weighted by Crippen LogP contribution is 2.18. The van der Waals surface area contributed by atoms with E-state index in [1.54, 1.807) is 18.9 Å². The Labute approximate surface area is 127 Å². The Hall–Kier alpha value is -2.08. The number of fused-ring (bicyclic) bond motifs is 1. The molecule has 0 aliphatic heterocycles. The molecule has 6 nitrogen and oxygen atoms in total. The lowest BCUT2D eigenvalue weighted by Crippen LogP contribution is -2.03. The first-order valence-corrected chi connectivity index (χ1v) is 7.40. The van der Waals surface area contributed by atoms with Gasteiger partial charge in [-0.25, -0.2) is 15.0 Å². The summed E-state index contributed by atoms with van der Waals surface area (Å²) in [5.74, 6) is 2.24. The smallest absolute Gasteiger partial charge is 0.165 e. The molecule has 0 aromatic carbocycles. The fourth-order valence-corrected chi connectivity index (χ4v) is 2.32. The predicted molar refractivity (Wildman–Crippen MR) is 81.3 cm³/mol. The van der Waals surface area contributed by atoms with Crippen molar-refractivity contribution in [1.82, 2.24) is 19.5 Å². The van der Waals surface area contributed by atoms with Gasteiger partial charge < -0.3 is 14.3 Å². The van der Waals surface area contributed by atoms with Crippen LogP contribution in [-0.2, 0) is 13.1 Å². The van der Waals surface area contributed by atoms with E-state index in [-0.39, 0.29) is 0 Å². The normalized spacial score (nSPS) is 11.1. The van der Waals surface area contributed by atoms with Crippen LogP contribution in [-0.4, -0.2) is 25.4 Å². The third kappa shape index (κ3) is 3.16. The van der Waals surface area contributed by atoms with E-state index in [9.17, 15) is 0 Å². The minimum atomic E-state index is 0.568. The Bertz CT molecular complexity index is 695. The molecule has 0 fully saturated rings. The quantitative estimate of drug-likeness (QED) is 0.537. The summed E-state index contributed by atoms with van der Waals surface area (Å²) in [5, 5.41) is 3.23. The number of unbranched alkanes of at least 4 members (excludes halogenated alkanes) is 1. The zero-order valence-corrected chi connectivity index (χ0v) is 12.3. The number of furan rings is 1. The van der Waals surface area contributed by atoms with Crippen molar-refractivity contribution in [2.45, 2.75) is 25.9 Å². The average Bonchev–Trinajstić information content (AvgIpc) is 3.15. The summed E-state index contributed by atoms with van der Waals surface area (Å²) >= 11 is 5.71. The number of nitrogens with one attached hydrogen (secondary N) is 1. The number of imidazole rings is 1. The van der Waals surface area contributed by atoms with Gasteiger partial charge in [-0.1, -0.05) is 0 Å². The number of rotatable bonds is 7. The molecule has 0 spiro atoms. The van der Waals surface area contributed by atoms with Crippen molar-refractivity contribution in [3.8, 4) is 0 Å². The van der Waals surface area contributed by atoms with Gasteiger partial charge in [0, 0.05) is 12.4 Å². The molecule has 0 aliphatic rings. The van der Waals surface area contributed by atoms with Gasteiger partial charge in [-0.15, -0.1) is 11.6 Å². The first-order valence-electron chi connectivity index (χ1n) is 6.86. The fourth-order valence-electron chi connectivity index (χ4n) is 2.13. The molecule has 0 unspecified atom stereocenters. The van der Waals surface area contributed by atoms with Gasteiger partial charge in [-0.2, -0.15) is 0 Å². The van der Waals surface area contributed by atoms with E-state index in [1.165, 1.54) is 0 Å². The van der Waals surface area contributed by atoms with Crippen molar-refractivity contribution in [2.75, 3.05) is 11.2 Å². The lowest BCUT2D eigenvalue weighted by molar-refractivity contribution is 0.518. The van der Waals surface area contributed by atoms with Crippen molar-refractivity contribution >= 4 is 28.6 Å². The minimum absolute atomic E-state index is 0.568. The summed E-state index contributed by atoms with van der Waals surface area (Å²) in [5.41, 5.74) is 1.61. The SMILES string of the molecule is ClCCCCn1cnc2c(NCc3ccco3)ncnc21. The minimum Gasteiger partial charge on any atom is -0.467 e. The van der Waals surface area contributed by atoms with E-state index in [4.69, 9.17) is 16.0 Å². The molecule has 3 heterocycles. The molecule has 21 heavy (non-hydrogen) atoms. The van der Waals surface area contributed by atoms with Crippen LogP contribution in [0.25, 0.3) is 11.2 Å². The molecule has 0 aliphatic carbocycles. The van der Waals surface area contributed by atoms with Crippen molar-refractivity contribution in [3.05, 3.63) is 36.8 Å². The molecule has 0 atom stereocenters. The zero-order chi connectivity index (χ0) is 14.5. The largest absolute Gasteiger partial charge is 0.467 e. The number of hydrogen-bond donors (Lipinski definition) is 1. The number of nitrogens with zero attached hydrogens (tertiary/aromatic N) is 4. The van der Waals surface area contributed by atoms with Crippen LogP contribution in [0.1, 0.15) is 18.6 Å². The molecule has 0 saturated heterocycles. The number of halogens is 1. The molecule has 3 rings (SSSR count). The molecule has 0 bridgehead atoms. The summed E-state index contributed by atoms with van der Waals surface area (Å²) in [6, 6.07) is 3.77. The third-order valence-corrected chi connectivity index (χ3v) is 3.46. The molecule has 7 heteroatoms. The Morgan fingerprint density at radius 1 is 1.24 bits per heavy atom. The lowest BCUT2D eigenvalue weighted by Gasteiger charge is -2.05. The fraction of sp³-hybridized carbons (Fsp3) is 0.357. The summed E-state index contributed by atoms with van der Waals surface area (Å²) in [7, 11) is 0.